The van der Waals surface area contributed by atoms with E-state index in [1.165, 1.54) is 12.1 Å². The van der Waals surface area contributed by atoms with E-state index < -0.39 is 17.4 Å². The lowest BCUT2D eigenvalue weighted by atomic mass is 9.85. The van der Waals surface area contributed by atoms with Gasteiger partial charge >= 0.3 is 6.18 Å². The Morgan fingerprint density at radius 3 is 2.68 bits per heavy atom. The van der Waals surface area contributed by atoms with Gasteiger partial charge < -0.3 is 10.3 Å². The quantitative estimate of drug-likeness (QED) is 0.784. The van der Waals surface area contributed by atoms with E-state index in [2.05, 4.69) is 15.3 Å². The Labute approximate surface area is 106 Å². The summed E-state index contributed by atoms with van der Waals surface area (Å²) in [6.07, 6.45) is -4.47. The van der Waals surface area contributed by atoms with Crippen LogP contribution in [0.1, 0.15) is 12.2 Å². The molecular weight excluding hydrogens is 262 g/mol. The number of aromatic nitrogens is 2. The summed E-state index contributed by atoms with van der Waals surface area (Å²) >= 11 is 0. The van der Waals surface area contributed by atoms with Crippen LogP contribution in [0.3, 0.4) is 0 Å². The highest BCUT2D eigenvalue weighted by Gasteiger charge is 2.59. The van der Waals surface area contributed by atoms with E-state index in [0.717, 1.165) is 6.07 Å². The van der Waals surface area contributed by atoms with Gasteiger partial charge in [0.05, 0.1) is 11.0 Å². The molecule has 7 heteroatoms. The fourth-order valence-corrected chi connectivity index (χ4v) is 2.48. The summed E-state index contributed by atoms with van der Waals surface area (Å²) in [5, 5.41) is 2.72. The maximum atomic E-state index is 13.3. The van der Waals surface area contributed by atoms with Gasteiger partial charge in [-0.15, -0.1) is 0 Å². The monoisotopic (exact) mass is 273 g/mol. The van der Waals surface area contributed by atoms with Gasteiger partial charge in [-0.05, 0) is 31.2 Å². The molecule has 1 aliphatic rings. The Morgan fingerprint density at radius 1 is 1.26 bits per heavy atom. The summed E-state index contributed by atoms with van der Waals surface area (Å²) in [7, 11) is 0. The fraction of sp³-hybridized carbons (Fsp3) is 0.417. The van der Waals surface area contributed by atoms with Crippen molar-refractivity contribution in [2.45, 2.75) is 18.0 Å². The van der Waals surface area contributed by atoms with Crippen molar-refractivity contribution in [2.75, 3.05) is 13.1 Å². The predicted octanol–water partition coefficient (Wildman–Crippen LogP) is 2.50. The number of alkyl halides is 3. The van der Waals surface area contributed by atoms with Crippen LogP contribution in [-0.2, 0) is 5.41 Å². The molecule has 1 aliphatic heterocycles. The lowest BCUT2D eigenvalue weighted by Gasteiger charge is -2.28. The second kappa shape index (κ2) is 3.93. The van der Waals surface area contributed by atoms with Crippen LogP contribution in [0.25, 0.3) is 11.0 Å². The summed E-state index contributed by atoms with van der Waals surface area (Å²) < 4.78 is 53.1. The number of halogens is 4. The summed E-state index contributed by atoms with van der Waals surface area (Å²) in [5.41, 5.74) is -1.39. The number of nitrogens with zero attached hydrogens (tertiary/aromatic N) is 1. The van der Waals surface area contributed by atoms with Crippen LogP contribution in [0.4, 0.5) is 17.6 Å². The van der Waals surface area contributed by atoms with E-state index >= 15 is 0 Å². The molecule has 3 nitrogen and oxygen atoms in total. The standard InChI is InChI=1S/C12H11F4N3/c13-7-1-2-8-9(5-7)19-10(18-8)11(12(14,15)16)3-4-17-6-11/h1-2,5,17H,3-4,6H2,(H,18,19). The molecule has 0 bridgehead atoms. The highest BCUT2D eigenvalue weighted by Crippen LogP contribution is 2.44. The second-order valence-electron chi connectivity index (χ2n) is 4.75. The molecule has 2 aromatic rings. The van der Waals surface area contributed by atoms with Gasteiger partial charge in [-0.3, -0.25) is 0 Å². The molecule has 1 fully saturated rings. The van der Waals surface area contributed by atoms with Crippen LogP contribution >= 0.6 is 0 Å². The molecule has 1 unspecified atom stereocenters. The van der Waals surface area contributed by atoms with E-state index in [-0.39, 0.29) is 30.9 Å². The molecule has 0 aliphatic carbocycles. The molecule has 1 aromatic heterocycles. The molecule has 0 saturated carbocycles. The predicted molar refractivity (Wildman–Crippen MR) is 61.3 cm³/mol. The lowest BCUT2D eigenvalue weighted by Crippen LogP contribution is -2.45. The average molecular weight is 273 g/mol. The molecule has 102 valence electrons. The summed E-state index contributed by atoms with van der Waals surface area (Å²) in [6.45, 7) is 0.0731. The molecule has 0 amide bonds. The number of nitrogens with one attached hydrogen (secondary N) is 2. The Morgan fingerprint density at radius 2 is 2.05 bits per heavy atom. The van der Waals surface area contributed by atoms with E-state index in [1.54, 1.807) is 0 Å². The SMILES string of the molecule is Fc1ccc2nc(C3(C(F)(F)F)CCNC3)[nH]c2c1. The summed E-state index contributed by atoms with van der Waals surface area (Å²) in [5.74, 6) is -0.654. The van der Waals surface area contributed by atoms with Crippen LogP contribution in [-0.4, -0.2) is 29.2 Å². The van der Waals surface area contributed by atoms with Crippen LogP contribution in [0.2, 0.25) is 0 Å². The second-order valence-corrected chi connectivity index (χ2v) is 4.75. The number of hydrogen-bond donors (Lipinski definition) is 2. The number of aromatic amines is 1. The van der Waals surface area contributed by atoms with Crippen molar-refractivity contribution >= 4 is 11.0 Å². The Hall–Kier alpha value is -1.63. The minimum absolute atomic E-state index is 0.0706. The van der Waals surface area contributed by atoms with Gasteiger partial charge in [-0.25, -0.2) is 9.37 Å². The molecule has 0 spiro atoms. The molecule has 2 heterocycles. The van der Waals surface area contributed by atoms with E-state index in [0.29, 0.717) is 5.52 Å². The number of imidazole rings is 1. The normalized spacial score (nSPS) is 24.2. The molecule has 1 aromatic carbocycles. The summed E-state index contributed by atoms with van der Waals surface area (Å²) in [6, 6.07) is 3.70. The highest BCUT2D eigenvalue weighted by molar-refractivity contribution is 5.75. The summed E-state index contributed by atoms with van der Waals surface area (Å²) in [4.78, 5) is 6.61. The maximum Gasteiger partial charge on any atom is 0.402 e. The van der Waals surface area contributed by atoms with Gasteiger partial charge in [0.2, 0.25) is 0 Å². The molecule has 19 heavy (non-hydrogen) atoms. The fourth-order valence-electron chi connectivity index (χ4n) is 2.48. The van der Waals surface area contributed by atoms with Crippen molar-refractivity contribution in [1.29, 1.82) is 0 Å². The van der Waals surface area contributed by atoms with Crippen LogP contribution in [0.15, 0.2) is 18.2 Å². The third kappa shape index (κ3) is 1.80. The van der Waals surface area contributed by atoms with Crippen molar-refractivity contribution < 1.29 is 17.6 Å². The average Bonchev–Trinajstić information content (AvgIpc) is 2.93. The zero-order valence-corrected chi connectivity index (χ0v) is 9.81. The van der Waals surface area contributed by atoms with Gasteiger partial charge in [-0.1, -0.05) is 0 Å². The lowest BCUT2D eigenvalue weighted by molar-refractivity contribution is -0.186. The van der Waals surface area contributed by atoms with Gasteiger partial charge in [0, 0.05) is 6.54 Å². The van der Waals surface area contributed by atoms with Crippen molar-refractivity contribution in [2.24, 2.45) is 0 Å². The first-order valence-electron chi connectivity index (χ1n) is 5.86. The third-order valence-corrected chi connectivity index (χ3v) is 3.60. The van der Waals surface area contributed by atoms with Gasteiger partial charge in [0.25, 0.3) is 0 Å². The number of benzene rings is 1. The molecule has 1 saturated heterocycles. The number of fused-ring (bicyclic) bond motifs is 1. The van der Waals surface area contributed by atoms with Crippen molar-refractivity contribution in [1.82, 2.24) is 15.3 Å². The van der Waals surface area contributed by atoms with Gasteiger partial charge in [-0.2, -0.15) is 13.2 Å². The van der Waals surface area contributed by atoms with Crippen molar-refractivity contribution in [3.8, 4) is 0 Å². The maximum absolute atomic E-state index is 13.3. The third-order valence-electron chi connectivity index (χ3n) is 3.60. The number of H-pyrrole nitrogens is 1. The smallest absolute Gasteiger partial charge is 0.341 e. The van der Waals surface area contributed by atoms with Gasteiger partial charge in [0.1, 0.15) is 17.1 Å². The van der Waals surface area contributed by atoms with Crippen LogP contribution in [0.5, 0.6) is 0 Å². The largest absolute Gasteiger partial charge is 0.402 e. The van der Waals surface area contributed by atoms with E-state index in [4.69, 9.17) is 0 Å². The van der Waals surface area contributed by atoms with E-state index in [1.807, 2.05) is 0 Å². The zero-order chi connectivity index (χ0) is 13.7. The molecule has 1 atom stereocenters. The molecule has 2 N–H and O–H groups in total. The first-order valence-corrected chi connectivity index (χ1v) is 5.86. The van der Waals surface area contributed by atoms with E-state index in [9.17, 15) is 17.6 Å². The topological polar surface area (TPSA) is 40.7 Å². The number of hydrogen-bond acceptors (Lipinski definition) is 2. The minimum atomic E-state index is -4.40. The Kier molecular flexibility index (Phi) is 2.57. The van der Waals surface area contributed by atoms with Gasteiger partial charge in [0.15, 0.2) is 0 Å². The first-order chi connectivity index (χ1) is 8.92. The minimum Gasteiger partial charge on any atom is -0.341 e. The molecule has 3 rings (SSSR count). The molecule has 0 radical (unpaired) electrons. The van der Waals surface area contributed by atoms with Crippen LogP contribution < -0.4 is 5.32 Å². The highest BCUT2D eigenvalue weighted by atomic mass is 19.4. The zero-order valence-electron chi connectivity index (χ0n) is 9.81. The first kappa shape index (κ1) is 12.4. The van der Waals surface area contributed by atoms with Crippen molar-refractivity contribution in [3.63, 3.8) is 0 Å². The number of rotatable bonds is 1. The Balaban J connectivity index is 2.16. The molecular formula is C12H11F4N3. The van der Waals surface area contributed by atoms with Crippen LogP contribution in [0, 0.1) is 5.82 Å². The Bertz CT molecular complexity index is 611. The van der Waals surface area contributed by atoms with Crippen molar-refractivity contribution in [3.05, 3.63) is 29.8 Å².